The number of ether oxygens (including phenoxy) is 1. The molecule has 2 N–H and O–H groups in total. The van der Waals surface area contributed by atoms with Gasteiger partial charge in [0.05, 0.1) is 6.07 Å². The minimum atomic E-state index is -1.06. The molecule has 1 aromatic carbocycles. The molecule has 7 nitrogen and oxygen atoms in total. The van der Waals surface area contributed by atoms with Gasteiger partial charge in [-0.1, -0.05) is 45.9 Å². The average Bonchev–Trinajstić information content (AvgIpc) is 2.63. The number of amides is 2. The summed E-state index contributed by atoms with van der Waals surface area (Å²) in [5.41, 5.74) is 0.208. The molecular formula is C21H29N3O4. The summed E-state index contributed by atoms with van der Waals surface area (Å²) in [7, 11) is 0. The van der Waals surface area contributed by atoms with E-state index in [1.54, 1.807) is 32.9 Å². The molecule has 28 heavy (non-hydrogen) atoms. The zero-order chi connectivity index (χ0) is 21.5. The highest BCUT2D eigenvalue weighted by Gasteiger charge is 2.31. The first-order valence-electron chi connectivity index (χ1n) is 9.27. The van der Waals surface area contributed by atoms with Gasteiger partial charge >= 0.3 is 5.97 Å². The topological polar surface area (TPSA) is 108 Å². The van der Waals surface area contributed by atoms with Crippen LogP contribution < -0.4 is 10.6 Å². The van der Waals surface area contributed by atoms with Crippen LogP contribution in [0.15, 0.2) is 24.3 Å². The summed E-state index contributed by atoms with van der Waals surface area (Å²) in [4.78, 5) is 37.0. The molecule has 0 heterocycles. The van der Waals surface area contributed by atoms with Crippen LogP contribution in [-0.4, -0.2) is 36.0 Å². The minimum Gasteiger partial charge on any atom is -0.454 e. The summed E-state index contributed by atoms with van der Waals surface area (Å²) in [6.45, 7) is 10.1. The lowest BCUT2D eigenvalue weighted by molar-refractivity contribution is -0.151. The maximum absolute atomic E-state index is 12.5. The third kappa shape index (κ3) is 6.08. The van der Waals surface area contributed by atoms with Crippen molar-refractivity contribution < 1.29 is 19.1 Å². The molecule has 7 heteroatoms. The van der Waals surface area contributed by atoms with E-state index in [0.29, 0.717) is 5.56 Å². The lowest BCUT2D eigenvalue weighted by atomic mass is 9.90. The van der Waals surface area contributed by atoms with Gasteiger partial charge in [-0.15, -0.1) is 0 Å². The maximum Gasteiger partial charge on any atom is 0.329 e. The van der Waals surface area contributed by atoms with E-state index in [9.17, 15) is 19.6 Å². The van der Waals surface area contributed by atoms with Crippen LogP contribution in [-0.2, 0) is 14.3 Å². The molecule has 0 saturated carbocycles. The Morgan fingerprint density at radius 1 is 1.18 bits per heavy atom. The van der Waals surface area contributed by atoms with Crippen LogP contribution in [0.1, 0.15) is 50.5 Å². The molecule has 1 rings (SSSR count). The first-order chi connectivity index (χ1) is 13.0. The highest BCUT2D eigenvalue weighted by atomic mass is 16.5. The molecular weight excluding hydrogens is 358 g/mol. The molecule has 0 aliphatic rings. The Kier molecular flexibility index (Phi) is 8.17. The summed E-state index contributed by atoms with van der Waals surface area (Å²) in [5, 5.41) is 14.5. The second kappa shape index (κ2) is 9.88. The largest absolute Gasteiger partial charge is 0.454 e. The zero-order valence-corrected chi connectivity index (χ0v) is 17.3. The van der Waals surface area contributed by atoms with Crippen molar-refractivity contribution in [3.05, 3.63) is 35.4 Å². The molecule has 0 spiro atoms. The molecule has 0 unspecified atom stereocenters. The van der Waals surface area contributed by atoms with E-state index in [-0.39, 0.29) is 17.7 Å². The van der Waals surface area contributed by atoms with Crippen LogP contribution in [0.2, 0.25) is 0 Å². The first-order valence-corrected chi connectivity index (χ1v) is 9.27. The number of carbonyl (C=O) groups excluding carboxylic acids is 3. The van der Waals surface area contributed by atoms with Crippen molar-refractivity contribution >= 4 is 17.8 Å². The normalized spacial score (nSPS) is 14.0. The van der Waals surface area contributed by atoms with Crippen LogP contribution in [0.4, 0.5) is 0 Å². The average molecular weight is 387 g/mol. The van der Waals surface area contributed by atoms with Crippen molar-refractivity contribution in [1.29, 1.82) is 5.26 Å². The van der Waals surface area contributed by atoms with Crippen LogP contribution in [0, 0.1) is 30.1 Å². The van der Waals surface area contributed by atoms with Gasteiger partial charge in [-0.3, -0.25) is 9.59 Å². The van der Waals surface area contributed by atoms with E-state index in [1.165, 1.54) is 0 Å². The van der Waals surface area contributed by atoms with E-state index >= 15 is 0 Å². The summed E-state index contributed by atoms with van der Waals surface area (Å²) in [6, 6.07) is 8.22. The van der Waals surface area contributed by atoms with E-state index in [1.807, 2.05) is 32.9 Å². The molecule has 0 aromatic heterocycles. The fraction of sp³-hybridized carbons (Fsp3) is 0.524. The molecule has 0 radical (unpaired) electrons. The number of rotatable bonds is 8. The fourth-order valence-electron chi connectivity index (χ4n) is 2.40. The summed E-state index contributed by atoms with van der Waals surface area (Å²) in [5.74, 6) is -2.00. The molecule has 2 amide bonds. The Morgan fingerprint density at radius 3 is 2.29 bits per heavy atom. The Hall–Kier alpha value is -2.88. The van der Waals surface area contributed by atoms with Gasteiger partial charge in [-0.25, -0.2) is 4.79 Å². The van der Waals surface area contributed by atoms with Gasteiger partial charge in [0.2, 0.25) is 0 Å². The summed E-state index contributed by atoms with van der Waals surface area (Å²) in [6.07, 6.45) is 0. The van der Waals surface area contributed by atoms with Crippen LogP contribution in [0.3, 0.4) is 0 Å². The van der Waals surface area contributed by atoms with Crippen LogP contribution in [0.25, 0.3) is 0 Å². The number of nitrogens with one attached hydrogen (secondary N) is 2. The van der Waals surface area contributed by atoms with E-state index in [2.05, 4.69) is 16.7 Å². The number of benzene rings is 1. The third-order valence-corrected chi connectivity index (χ3v) is 4.73. The van der Waals surface area contributed by atoms with Gasteiger partial charge in [0.1, 0.15) is 11.6 Å². The van der Waals surface area contributed by atoms with Crippen molar-refractivity contribution in [2.45, 2.75) is 53.1 Å². The zero-order valence-electron chi connectivity index (χ0n) is 17.3. The van der Waals surface area contributed by atoms with Gasteiger partial charge < -0.3 is 15.4 Å². The molecule has 0 bridgehead atoms. The number of nitrogens with zero attached hydrogens (tertiary/aromatic N) is 1. The van der Waals surface area contributed by atoms with Crippen molar-refractivity contribution in [1.82, 2.24) is 10.6 Å². The monoisotopic (exact) mass is 387 g/mol. The third-order valence-electron chi connectivity index (χ3n) is 4.73. The highest BCUT2D eigenvalue weighted by molar-refractivity contribution is 5.98. The number of nitriles is 1. The Morgan fingerprint density at radius 2 is 1.79 bits per heavy atom. The van der Waals surface area contributed by atoms with Crippen LogP contribution >= 0.6 is 0 Å². The van der Waals surface area contributed by atoms with Crippen LogP contribution in [0.5, 0.6) is 0 Å². The van der Waals surface area contributed by atoms with Gasteiger partial charge in [-0.2, -0.15) is 5.26 Å². The Labute approximate surface area is 166 Å². The maximum atomic E-state index is 12.5. The Bertz CT molecular complexity index is 767. The van der Waals surface area contributed by atoms with Gasteiger partial charge in [0.25, 0.3) is 11.8 Å². The molecule has 1 aromatic rings. The lowest BCUT2D eigenvalue weighted by Gasteiger charge is -2.27. The summed E-state index contributed by atoms with van der Waals surface area (Å²) >= 11 is 0. The van der Waals surface area contributed by atoms with Gasteiger partial charge in [0, 0.05) is 5.56 Å². The Balaban J connectivity index is 2.73. The van der Waals surface area contributed by atoms with E-state index in [0.717, 1.165) is 5.56 Å². The predicted molar refractivity (Wildman–Crippen MR) is 105 cm³/mol. The number of hydrogen-bond donors (Lipinski definition) is 2. The molecule has 152 valence electrons. The minimum absolute atomic E-state index is 0.117. The standard InChI is InChI=1S/C21H29N3O4/c1-13(2)18(23-19(26)16-10-8-7-9-15(16)5)20(27)28-11-17(25)24-21(6,12-22)14(3)4/h7-10,13-14,18H,11H2,1-6H3,(H,23,26)(H,24,25)/t18-,21-/m1/s1. The molecule has 2 atom stereocenters. The van der Waals surface area contributed by atoms with Gasteiger partial charge in [-0.05, 0) is 37.3 Å². The quantitative estimate of drug-likeness (QED) is 0.666. The molecule has 0 aliphatic carbocycles. The first kappa shape index (κ1) is 23.2. The number of carbonyl (C=O) groups is 3. The van der Waals surface area contributed by atoms with Crippen molar-refractivity contribution in [3.8, 4) is 6.07 Å². The number of aryl methyl sites for hydroxylation is 1. The molecule has 0 saturated heterocycles. The van der Waals surface area contributed by atoms with Crippen molar-refractivity contribution in [3.63, 3.8) is 0 Å². The number of esters is 1. The molecule has 0 fully saturated rings. The fourth-order valence-corrected chi connectivity index (χ4v) is 2.40. The predicted octanol–water partition coefficient (Wildman–Crippen LogP) is 2.35. The second-order valence-corrected chi connectivity index (χ2v) is 7.63. The summed E-state index contributed by atoms with van der Waals surface area (Å²) < 4.78 is 5.09. The lowest BCUT2D eigenvalue weighted by Crippen LogP contribution is -2.51. The molecule has 0 aliphatic heterocycles. The SMILES string of the molecule is Cc1ccccc1C(=O)N[C@@H](C(=O)OCC(=O)N[C@](C)(C#N)C(C)C)C(C)C. The van der Waals surface area contributed by atoms with Crippen molar-refractivity contribution in [2.24, 2.45) is 11.8 Å². The smallest absolute Gasteiger partial charge is 0.329 e. The number of hydrogen-bond acceptors (Lipinski definition) is 5. The van der Waals surface area contributed by atoms with Crippen molar-refractivity contribution in [2.75, 3.05) is 6.61 Å². The van der Waals surface area contributed by atoms with E-state index < -0.39 is 30.1 Å². The highest BCUT2D eigenvalue weighted by Crippen LogP contribution is 2.15. The van der Waals surface area contributed by atoms with E-state index in [4.69, 9.17) is 4.74 Å². The second-order valence-electron chi connectivity index (χ2n) is 7.63. The van der Waals surface area contributed by atoms with Gasteiger partial charge in [0.15, 0.2) is 6.61 Å².